The Hall–Kier alpha value is -5.11. The molecule has 6 aromatic rings. The van der Waals surface area contributed by atoms with Crippen molar-refractivity contribution in [3.05, 3.63) is 133 Å². The van der Waals surface area contributed by atoms with Crippen molar-refractivity contribution in [1.82, 2.24) is 14.3 Å². The van der Waals surface area contributed by atoms with Gasteiger partial charge in [-0.1, -0.05) is 94.8 Å². The summed E-state index contributed by atoms with van der Waals surface area (Å²) in [4.78, 5) is 48.7. The Kier molecular flexibility index (Phi) is 13.2. The fraction of sp³-hybridized carbons (Fsp3) is 0.302. The molecule has 0 saturated heterocycles. The van der Waals surface area contributed by atoms with Crippen LogP contribution in [0, 0.1) is 5.92 Å². The Balaban J connectivity index is 1.33. The first kappa shape index (κ1) is 40.6. The van der Waals surface area contributed by atoms with Gasteiger partial charge in [0.15, 0.2) is 0 Å². The summed E-state index contributed by atoms with van der Waals surface area (Å²) in [5.41, 5.74) is 3.88. The molecule has 0 atom stereocenters. The number of benzene rings is 3. The number of rotatable bonds is 16. The predicted octanol–water partition coefficient (Wildman–Crippen LogP) is 9.45. The average molecular weight is 811 g/mol. The summed E-state index contributed by atoms with van der Waals surface area (Å²) in [6, 6.07) is 28.1. The van der Waals surface area contributed by atoms with Crippen LogP contribution in [0.2, 0.25) is 0 Å². The molecule has 13 heteroatoms. The van der Waals surface area contributed by atoms with E-state index in [4.69, 9.17) is 9.72 Å². The van der Waals surface area contributed by atoms with Crippen molar-refractivity contribution in [3.8, 4) is 11.1 Å². The van der Waals surface area contributed by atoms with Crippen molar-refractivity contribution in [1.29, 1.82) is 0 Å². The van der Waals surface area contributed by atoms with Crippen LogP contribution in [-0.2, 0) is 40.7 Å². The van der Waals surface area contributed by atoms with Crippen LogP contribution in [0.3, 0.4) is 0 Å². The number of unbranched alkanes of at least 4 members (excludes halogenated alkanes) is 1. The van der Waals surface area contributed by atoms with Crippen LogP contribution >= 0.6 is 22.7 Å². The van der Waals surface area contributed by atoms with E-state index in [2.05, 4.69) is 18.6 Å². The highest BCUT2D eigenvalue weighted by atomic mass is 32.2. The maximum absolute atomic E-state index is 14.4. The average Bonchev–Trinajstić information content (AvgIpc) is 3.87. The second-order valence-corrected chi connectivity index (χ2v) is 18.0. The highest BCUT2D eigenvalue weighted by Gasteiger charge is 2.27. The van der Waals surface area contributed by atoms with Crippen molar-refractivity contribution in [2.45, 2.75) is 77.1 Å². The predicted molar refractivity (Wildman–Crippen MR) is 225 cm³/mol. The minimum absolute atomic E-state index is 0.0446. The molecule has 0 fully saturated rings. The van der Waals surface area contributed by atoms with Crippen LogP contribution in [0.1, 0.15) is 78.5 Å². The van der Waals surface area contributed by atoms with Gasteiger partial charge in [0.1, 0.15) is 10.0 Å². The first-order valence-corrected chi connectivity index (χ1v) is 22.0. The monoisotopic (exact) mass is 810 g/mol. The molecule has 0 unspecified atom stereocenters. The minimum Gasteiger partial charge on any atom is -0.449 e. The Morgan fingerprint density at radius 2 is 1.70 bits per heavy atom. The second kappa shape index (κ2) is 18.2. The third-order valence-electron chi connectivity index (χ3n) is 9.12. The van der Waals surface area contributed by atoms with Gasteiger partial charge >= 0.3 is 6.09 Å². The van der Waals surface area contributed by atoms with Gasteiger partial charge in [0.05, 0.1) is 35.5 Å². The van der Waals surface area contributed by atoms with E-state index in [1.165, 1.54) is 11.3 Å². The molecule has 0 aliphatic carbocycles. The molecule has 292 valence electrons. The molecule has 0 radical (unpaired) electrons. The molecular weight excluding hydrogens is 765 g/mol. The van der Waals surface area contributed by atoms with E-state index in [9.17, 15) is 22.8 Å². The number of nitrogens with one attached hydrogen (secondary N) is 1. The molecule has 0 aliphatic heterocycles. The Morgan fingerprint density at radius 3 is 2.38 bits per heavy atom. The number of sulfonamides is 1. The molecule has 3 aromatic heterocycles. The summed E-state index contributed by atoms with van der Waals surface area (Å²) in [6.07, 6.45) is 2.49. The van der Waals surface area contributed by atoms with E-state index < -0.39 is 16.1 Å². The molecule has 0 bridgehead atoms. The molecule has 0 spiro atoms. The van der Waals surface area contributed by atoms with Crippen molar-refractivity contribution in [2.24, 2.45) is 5.92 Å². The number of hydrogen-bond donors (Lipinski definition) is 1. The molecule has 1 N–H and O–H groups in total. The molecule has 10 nitrogen and oxygen atoms in total. The number of carbonyl (C=O) groups is 2. The van der Waals surface area contributed by atoms with Crippen LogP contribution in [0.25, 0.3) is 22.0 Å². The number of carbonyl (C=O) groups excluding carboxylic acids is 2. The lowest BCUT2D eigenvalue weighted by molar-refractivity contribution is 0.0989. The molecule has 0 aliphatic rings. The maximum atomic E-state index is 14.4. The number of fused-ring (bicyclic) bond motifs is 1. The van der Waals surface area contributed by atoms with Crippen LogP contribution in [0.4, 0.5) is 10.5 Å². The van der Waals surface area contributed by atoms with Crippen molar-refractivity contribution >= 4 is 61.3 Å². The summed E-state index contributed by atoms with van der Waals surface area (Å²) in [5.74, 6) is 0.793. The zero-order chi connectivity index (χ0) is 39.8. The normalized spacial score (nSPS) is 11.6. The zero-order valence-corrected chi connectivity index (χ0v) is 34.4. The lowest BCUT2D eigenvalue weighted by Gasteiger charge is -2.23. The number of anilines is 1. The van der Waals surface area contributed by atoms with Gasteiger partial charge in [0.25, 0.3) is 21.5 Å². The second-order valence-electron chi connectivity index (χ2n) is 14.0. The smallest absolute Gasteiger partial charge is 0.421 e. The van der Waals surface area contributed by atoms with Crippen molar-refractivity contribution in [3.63, 3.8) is 0 Å². The van der Waals surface area contributed by atoms with Gasteiger partial charge in [-0.2, -0.15) is 0 Å². The number of amides is 2. The number of aryl methyl sites for hydroxylation is 1. The summed E-state index contributed by atoms with van der Waals surface area (Å²) < 4.78 is 35.9. The van der Waals surface area contributed by atoms with Gasteiger partial charge in [-0.05, 0) is 77.6 Å². The Bertz CT molecular complexity index is 2460. The van der Waals surface area contributed by atoms with Crippen LogP contribution < -0.4 is 15.2 Å². The van der Waals surface area contributed by atoms with E-state index in [0.29, 0.717) is 70.1 Å². The highest BCUT2D eigenvalue weighted by Crippen LogP contribution is 2.36. The van der Waals surface area contributed by atoms with Crippen LogP contribution in [0.15, 0.2) is 105 Å². The van der Waals surface area contributed by atoms with E-state index >= 15 is 0 Å². The largest absolute Gasteiger partial charge is 0.449 e. The van der Waals surface area contributed by atoms with E-state index in [-0.39, 0.29) is 28.8 Å². The van der Waals surface area contributed by atoms with Crippen molar-refractivity contribution < 1.29 is 22.7 Å². The first-order chi connectivity index (χ1) is 27.0. The number of ether oxygens (including phenoxy) is 1. The maximum Gasteiger partial charge on any atom is 0.421 e. The summed E-state index contributed by atoms with van der Waals surface area (Å²) in [5, 5.41) is 2.28. The van der Waals surface area contributed by atoms with Gasteiger partial charge in [-0.3, -0.25) is 14.2 Å². The van der Waals surface area contributed by atoms with Gasteiger partial charge in [0, 0.05) is 22.5 Å². The quantitative estimate of drug-likeness (QED) is 0.0965. The van der Waals surface area contributed by atoms with Gasteiger partial charge in [-0.25, -0.2) is 22.9 Å². The SMILES string of the molecule is CCCCOC(=O)NS(=O)(=O)c1sc(CC(C)C)cc1-c1ccc(Cn2c(CCC)nc3ccc(N(Cc4ccccc4)C(=O)c4cccs4)cc3c2=O)cc1. The van der Waals surface area contributed by atoms with Gasteiger partial charge in [0.2, 0.25) is 0 Å². The fourth-order valence-electron chi connectivity index (χ4n) is 6.37. The molecular formula is C43H46N4O6S3. The molecule has 3 heterocycles. The molecule has 3 aromatic carbocycles. The van der Waals surface area contributed by atoms with Gasteiger partial charge in [-0.15, -0.1) is 22.7 Å². The molecule has 56 heavy (non-hydrogen) atoms. The van der Waals surface area contributed by atoms with Crippen LogP contribution in [-0.4, -0.2) is 36.6 Å². The highest BCUT2D eigenvalue weighted by molar-refractivity contribution is 7.92. The Labute approximate surface area is 335 Å². The molecule has 0 saturated carbocycles. The number of nitrogens with zero attached hydrogens (tertiary/aromatic N) is 3. The summed E-state index contributed by atoms with van der Waals surface area (Å²) in [6.45, 7) is 8.82. The number of hydrogen-bond acceptors (Lipinski definition) is 9. The summed E-state index contributed by atoms with van der Waals surface area (Å²) >= 11 is 2.52. The van der Waals surface area contributed by atoms with Crippen LogP contribution in [0.5, 0.6) is 0 Å². The molecule has 2 amide bonds. The van der Waals surface area contributed by atoms with E-state index in [1.807, 2.05) is 98.1 Å². The van der Waals surface area contributed by atoms with Crippen molar-refractivity contribution in [2.75, 3.05) is 11.5 Å². The third-order valence-corrected chi connectivity index (χ3v) is 13.0. The van der Waals surface area contributed by atoms with E-state index in [1.54, 1.807) is 21.6 Å². The molecule has 6 rings (SSSR count). The number of aromatic nitrogens is 2. The lowest BCUT2D eigenvalue weighted by atomic mass is 10.0. The third kappa shape index (κ3) is 9.63. The fourth-order valence-corrected chi connectivity index (χ4v) is 9.89. The summed E-state index contributed by atoms with van der Waals surface area (Å²) in [7, 11) is -4.22. The van der Waals surface area contributed by atoms with E-state index in [0.717, 1.165) is 40.2 Å². The van der Waals surface area contributed by atoms with Gasteiger partial charge < -0.3 is 9.64 Å². The zero-order valence-electron chi connectivity index (χ0n) is 32.0. The standard InChI is InChI=1S/C43H46N4O6S3/c1-5-7-22-53-43(50)45-56(51,52)42-35(26-34(55-42)24-29(3)4)32-18-16-31(17-19-32)28-47-39(12-6-2)44-37-21-20-33(25-36(37)40(47)48)46(27-30-13-9-8-10-14-30)41(49)38-15-11-23-54-38/h8-11,13-21,23,25-26,29H,5-7,12,22,24,27-28H2,1-4H3,(H,45,50). The minimum atomic E-state index is -4.22. The lowest BCUT2D eigenvalue weighted by Crippen LogP contribution is -2.31. The Morgan fingerprint density at radius 1 is 0.929 bits per heavy atom. The number of thiophene rings is 2. The first-order valence-electron chi connectivity index (χ1n) is 18.8. The topological polar surface area (TPSA) is 128 Å².